The van der Waals surface area contributed by atoms with Crippen LogP contribution in [0.1, 0.15) is 24.6 Å². The largest absolute Gasteiger partial charge is 0.396 e. The van der Waals surface area contributed by atoms with Crippen molar-refractivity contribution in [2.45, 2.75) is 56.7 Å². The number of nitrogens with zero attached hydrogens (tertiary/aromatic N) is 5. The first-order valence-electron chi connectivity index (χ1n) is 12.6. The molecule has 38 heavy (non-hydrogen) atoms. The molecular formula is C26H30FN5O5Si. The van der Waals surface area contributed by atoms with Crippen LogP contribution in [0, 0.1) is 16.0 Å². The second-order valence-electron chi connectivity index (χ2n) is 10.4. The second-order valence-corrected chi connectivity index (χ2v) is 14.2. The van der Waals surface area contributed by atoms with E-state index in [1.807, 2.05) is 25.1 Å². The summed E-state index contributed by atoms with van der Waals surface area (Å²) in [4.78, 5) is 27.0. The van der Waals surface area contributed by atoms with Crippen LogP contribution in [0.2, 0.25) is 18.6 Å². The van der Waals surface area contributed by atoms with Crippen LogP contribution in [-0.4, -0.2) is 52.0 Å². The summed E-state index contributed by atoms with van der Waals surface area (Å²) in [7, 11) is -3.39. The fourth-order valence-electron chi connectivity index (χ4n) is 6.11. The molecule has 1 amide bonds. The van der Waals surface area contributed by atoms with Gasteiger partial charge in [-0.2, -0.15) is 0 Å². The number of para-hydroxylation sites is 1. The van der Waals surface area contributed by atoms with Crippen LogP contribution in [0.15, 0.2) is 54.7 Å². The molecule has 0 bridgehead atoms. The first-order chi connectivity index (χ1) is 18.1. The highest BCUT2D eigenvalue weighted by Gasteiger charge is 2.67. The van der Waals surface area contributed by atoms with Gasteiger partial charge in [0.25, 0.3) is 11.6 Å². The predicted octanol–water partition coefficient (Wildman–Crippen LogP) is 4.26. The summed E-state index contributed by atoms with van der Waals surface area (Å²) in [6, 6.07) is 13.4. The molecule has 0 saturated carbocycles. The number of rotatable bonds is 8. The van der Waals surface area contributed by atoms with Gasteiger partial charge in [-0.1, -0.05) is 30.3 Å². The van der Waals surface area contributed by atoms with Crippen molar-refractivity contribution in [1.29, 1.82) is 0 Å². The molecule has 1 spiro atoms. The number of benzene rings is 2. The molecular weight excluding hydrogens is 509 g/mol. The monoisotopic (exact) mass is 539 g/mol. The molecule has 4 atom stereocenters. The van der Waals surface area contributed by atoms with Crippen molar-refractivity contribution in [3.63, 3.8) is 0 Å². The molecule has 2 aromatic carbocycles. The Morgan fingerprint density at radius 1 is 1.24 bits per heavy atom. The summed E-state index contributed by atoms with van der Waals surface area (Å²) in [5, 5.41) is 29.0. The Morgan fingerprint density at radius 2 is 1.97 bits per heavy atom. The van der Waals surface area contributed by atoms with E-state index in [4.69, 9.17) is 9.84 Å². The summed E-state index contributed by atoms with van der Waals surface area (Å²) in [6.07, 6.45) is 1.87. The van der Waals surface area contributed by atoms with Gasteiger partial charge in [0.05, 0.1) is 22.4 Å². The van der Waals surface area contributed by atoms with Crippen LogP contribution < -0.4 is 4.90 Å². The van der Waals surface area contributed by atoms with Crippen molar-refractivity contribution >= 4 is 31.4 Å². The summed E-state index contributed by atoms with van der Waals surface area (Å²) < 4.78 is 24.2. The van der Waals surface area contributed by atoms with E-state index in [-0.39, 0.29) is 18.2 Å². The maximum atomic E-state index is 16.0. The Labute approximate surface area is 220 Å². The molecule has 0 unspecified atom stereocenters. The Kier molecular flexibility index (Phi) is 6.66. The Bertz CT molecular complexity index is 1360. The average Bonchev–Trinajstić information content (AvgIpc) is 3.52. The molecule has 2 aliphatic heterocycles. The van der Waals surface area contributed by atoms with Crippen molar-refractivity contribution in [2.75, 3.05) is 11.5 Å². The van der Waals surface area contributed by atoms with E-state index in [1.54, 1.807) is 42.2 Å². The summed E-state index contributed by atoms with van der Waals surface area (Å²) in [5.74, 6) is -0.940. The fraction of sp³-hybridized carbons (Fsp3) is 0.423. The van der Waals surface area contributed by atoms with E-state index in [0.717, 1.165) is 0 Å². The quantitative estimate of drug-likeness (QED) is 0.196. The van der Waals surface area contributed by atoms with Gasteiger partial charge in [-0.25, -0.2) is 0 Å². The summed E-state index contributed by atoms with van der Waals surface area (Å²) in [5.41, 5.74) is -0.116. The molecule has 3 aromatic rings. The number of nitro groups is 1. The normalized spacial score (nSPS) is 24.8. The number of carbonyl (C=O) groups excluding carboxylic acids is 1. The van der Waals surface area contributed by atoms with Gasteiger partial charge in [0, 0.05) is 60.6 Å². The van der Waals surface area contributed by atoms with Gasteiger partial charge in [0.1, 0.15) is 0 Å². The summed E-state index contributed by atoms with van der Waals surface area (Å²) in [6.45, 7) is 5.38. The van der Waals surface area contributed by atoms with Gasteiger partial charge in [-0.05, 0) is 37.7 Å². The minimum atomic E-state index is -3.39. The zero-order chi connectivity index (χ0) is 27.2. The lowest BCUT2D eigenvalue weighted by atomic mass is 9.82. The molecule has 3 heterocycles. The average molecular weight is 540 g/mol. The minimum Gasteiger partial charge on any atom is -0.396 e. The highest BCUT2D eigenvalue weighted by Crippen LogP contribution is 2.61. The van der Waals surface area contributed by atoms with E-state index in [2.05, 4.69) is 10.3 Å². The standard InChI is InChI=1S/C26H30FN5O5Si/c1-17-24(38(2,3)27)23(11-13-30-16-18(12-14-33)28-29-30)37-26(17)21-15-20(32(35)36)9-10-22(21)31(25(26)34)19-7-5-4-6-8-19/h4-10,15-17,23-24,33H,11-14H2,1-3H3/t17-,23+,24-,26+/m1/s1. The molecule has 5 rings (SSSR count). The third kappa shape index (κ3) is 4.22. The van der Waals surface area contributed by atoms with E-state index in [9.17, 15) is 14.9 Å². The number of anilines is 2. The highest BCUT2D eigenvalue weighted by atomic mass is 28.4. The topological polar surface area (TPSA) is 124 Å². The van der Waals surface area contributed by atoms with Gasteiger partial charge >= 0.3 is 0 Å². The zero-order valence-corrected chi connectivity index (χ0v) is 22.5. The van der Waals surface area contributed by atoms with Gasteiger partial charge in [-0.15, -0.1) is 5.10 Å². The van der Waals surface area contributed by atoms with Crippen LogP contribution in [0.25, 0.3) is 0 Å². The first-order valence-corrected chi connectivity index (χ1v) is 15.6. The molecule has 10 nitrogen and oxygen atoms in total. The molecule has 200 valence electrons. The van der Waals surface area contributed by atoms with Crippen molar-refractivity contribution < 1.29 is 23.7 Å². The molecule has 1 aromatic heterocycles. The number of fused-ring (bicyclic) bond motifs is 2. The van der Waals surface area contributed by atoms with E-state index in [1.165, 1.54) is 17.0 Å². The van der Waals surface area contributed by atoms with Gasteiger partial charge < -0.3 is 14.0 Å². The van der Waals surface area contributed by atoms with Crippen LogP contribution >= 0.6 is 0 Å². The SMILES string of the molecule is C[C@@H]1[C@@H]([Si](C)(C)F)[C@H](CCn2cc(CCO)nn2)O[C@@]12C(=O)N(c1ccccc1)c1ccc([N+](=O)[O-])cc12. The number of hydrogen-bond acceptors (Lipinski definition) is 7. The number of aryl methyl sites for hydroxylation is 1. The third-order valence-electron chi connectivity index (χ3n) is 7.67. The number of aliphatic hydroxyl groups is 1. The number of aliphatic hydroxyl groups excluding tert-OH is 1. The maximum Gasteiger partial charge on any atom is 0.269 e. The molecule has 0 aliphatic carbocycles. The number of amides is 1. The number of carbonyl (C=O) groups is 1. The predicted molar refractivity (Wildman–Crippen MR) is 140 cm³/mol. The highest BCUT2D eigenvalue weighted by molar-refractivity contribution is 6.72. The maximum absolute atomic E-state index is 16.0. The van der Waals surface area contributed by atoms with Gasteiger partial charge in [-0.3, -0.25) is 24.5 Å². The molecule has 1 N–H and O–H groups in total. The number of ether oxygens (including phenoxy) is 1. The minimum absolute atomic E-state index is 0.0419. The van der Waals surface area contributed by atoms with E-state index >= 15 is 4.11 Å². The lowest BCUT2D eigenvalue weighted by molar-refractivity contribution is -0.385. The van der Waals surface area contributed by atoms with Crippen molar-refractivity contribution in [2.24, 2.45) is 5.92 Å². The fourth-order valence-corrected chi connectivity index (χ4v) is 8.66. The van der Waals surface area contributed by atoms with Crippen LogP contribution in [0.3, 0.4) is 0 Å². The number of nitro benzene ring substituents is 1. The van der Waals surface area contributed by atoms with Gasteiger partial charge in [0.2, 0.25) is 8.41 Å². The van der Waals surface area contributed by atoms with E-state index < -0.39 is 36.5 Å². The smallest absolute Gasteiger partial charge is 0.269 e. The number of hydrogen-bond donors (Lipinski definition) is 1. The van der Waals surface area contributed by atoms with Crippen LogP contribution in [0.4, 0.5) is 21.2 Å². The summed E-state index contributed by atoms with van der Waals surface area (Å²) >= 11 is 0. The first kappa shape index (κ1) is 26.1. The Morgan fingerprint density at radius 3 is 2.63 bits per heavy atom. The molecule has 12 heteroatoms. The lowest BCUT2D eigenvalue weighted by Gasteiger charge is -2.31. The Balaban J connectivity index is 1.58. The third-order valence-corrected chi connectivity index (χ3v) is 10.1. The zero-order valence-electron chi connectivity index (χ0n) is 21.5. The van der Waals surface area contributed by atoms with E-state index in [0.29, 0.717) is 42.0 Å². The Hall–Kier alpha value is -3.48. The van der Waals surface area contributed by atoms with Crippen molar-refractivity contribution in [3.8, 4) is 0 Å². The van der Waals surface area contributed by atoms with Gasteiger partial charge in [0.15, 0.2) is 5.60 Å². The van der Waals surface area contributed by atoms with Crippen LogP contribution in [0.5, 0.6) is 0 Å². The van der Waals surface area contributed by atoms with Crippen molar-refractivity contribution in [3.05, 3.63) is 76.1 Å². The number of halogens is 1. The lowest BCUT2D eigenvalue weighted by Crippen LogP contribution is -2.44. The number of aromatic nitrogens is 3. The molecule has 2 aliphatic rings. The molecule has 0 radical (unpaired) electrons. The number of non-ortho nitro benzene ring substituents is 1. The molecule has 1 fully saturated rings. The second kappa shape index (κ2) is 9.68. The van der Waals surface area contributed by atoms with Crippen molar-refractivity contribution in [1.82, 2.24) is 15.0 Å². The van der Waals surface area contributed by atoms with Crippen LogP contribution in [-0.2, 0) is 28.1 Å². The molecule has 1 saturated heterocycles.